The summed E-state index contributed by atoms with van der Waals surface area (Å²) in [7, 11) is 0. The highest BCUT2D eigenvalue weighted by Gasteiger charge is 2.20. The number of amides is 1. The fourth-order valence-corrected chi connectivity index (χ4v) is 2.59. The van der Waals surface area contributed by atoms with Crippen molar-refractivity contribution in [3.63, 3.8) is 0 Å². The molecule has 1 heterocycles. The molecule has 0 saturated carbocycles. The molecule has 0 aliphatic heterocycles. The lowest BCUT2D eigenvalue weighted by molar-refractivity contribution is -0.122. The average Bonchev–Trinajstić information content (AvgIpc) is 3.05. The van der Waals surface area contributed by atoms with E-state index < -0.39 is 6.10 Å². The molecule has 2 aromatic carbocycles. The molecule has 0 fully saturated rings. The number of hydrogen-bond acceptors (Lipinski definition) is 4. The Bertz CT molecular complexity index is 980. The molecule has 1 atom stereocenters. The van der Waals surface area contributed by atoms with Crippen LogP contribution in [0.3, 0.4) is 0 Å². The van der Waals surface area contributed by atoms with Gasteiger partial charge in [0.25, 0.3) is 5.91 Å². The maximum absolute atomic E-state index is 12.5. The molecule has 3 rings (SSSR count). The topological polar surface area (TPSA) is 79.9 Å². The van der Waals surface area contributed by atoms with Crippen molar-refractivity contribution in [2.45, 2.75) is 32.9 Å². The van der Waals surface area contributed by atoms with E-state index in [-0.39, 0.29) is 17.8 Å². The molecule has 0 bridgehead atoms. The van der Waals surface area contributed by atoms with Crippen molar-refractivity contribution in [2.24, 2.45) is 0 Å². The Morgan fingerprint density at radius 1 is 1.19 bits per heavy atom. The Morgan fingerprint density at radius 3 is 2.65 bits per heavy atom. The summed E-state index contributed by atoms with van der Waals surface area (Å²) in [6.07, 6.45) is 0.882. The van der Waals surface area contributed by atoms with Crippen molar-refractivity contribution in [3.8, 4) is 11.8 Å². The van der Waals surface area contributed by atoms with Gasteiger partial charge in [0.15, 0.2) is 11.9 Å². The number of nitrogens with zero attached hydrogens (tertiary/aromatic N) is 3. The summed E-state index contributed by atoms with van der Waals surface area (Å²) < 4.78 is 7.50. The summed E-state index contributed by atoms with van der Waals surface area (Å²) in [6, 6.07) is 15.7. The van der Waals surface area contributed by atoms with Crippen LogP contribution >= 0.6 is 0 Å². The molecule has 1 aromatic heterocycles. The molecule has 1 N–H and O–H groups in total. The zero-order valence-electron chi connectivity index (χ0n) is 14.9. The third kappa shape index (κ3) is 3.52. The summed E-state index contributed by atoms with van der Waals surface area (Å²) in [5.41, 5.74) is 0.324. The van der Waals surface area contributed by atoms with E-state index in [0.717, 1.165) is 10.8 Å². The van der Waals surface area contributed by atoms with Gasteiger partial charge in [0.05, 0.1) is 0 Å². The highest BCUT2D eigenvalue weighted by molar-refractivity contribution is 5.95. The van der Waals surface area contributed by atoms with Crippen molar-refractivity contribution in [1.29, 1.82) is 5.26 Å². The van der Waals surface area contributed by atoms with Crippen LogP contribution in [0.2, 0.25) is 0 Å². The maximum Gasteiger partial charge on any atom is 0.266 e. The highest BCUT2D eigenvalue weighted by atomic mass is 16.5. The second kappa shape index (κ2) is 7.28. The van der Waals surface area contributed by atoms with E-state index in [4.69, 9.17) is 4.74 Å². The summed E-state index contributed by atoms with van der Waals surface area (Å²) in [4.78, 5) is 12.5. The molecule has 0 saturated heterocycles. The maximum atomic E-state index is 12.5. The van der Waals surface area contributed by atoms with Gasteiger partial charge in [-0.05, 0) is 32.2 Å². The quantitative estimate of drug-likeness (QED) is 0.758. The molecule has 0 aliphatic carbocycles. The number of aromatic nitrogens is 2. The van der Waals surface area contributed by atoms with Gasteiger partial charge < -0.3 is 10.1 Å². The van der Waals surface area contributed by atoms with Gasteiger partial charge in [-0.25, -0.2) is 0 Å². The van der Waals surface area contributed by atoms with Gasteiger partial charge in [-0.15, -0.1) is 0 Å². The summed E-state index contributed by atoms with van der Waals surface area (Å²) in [5, 5.41) is 18.2. The molecule has 3 aromatic rings. The van der Waals surface area contributed by atoms with Gasteiger partial charge in [0, 0.05) is 17.6 Å². The van der Waals surface area contributed by atoms with Crippen LogP contribution < -0.4 is 10.1 Å². The Balaban J connectivity index is 1.77. The SMILES string of the molecule is CC(C)n1cc(C#N)c(NC(=O)[C@@H](C)Oc2cccc3ccccc23)n1. The summed E-state index contributed by atoms with van der Waals surface area (Å²) in [5.74, 6) is 0.530. The van der Waals surface area contributed by atoms with Gasteiger partial charge in [0.2, 0.25) is 0 Å². The Kier molecular flexibility index (Phi) is 4.90. The third-order valence-electron chi connectivity index (χ3n) is 4.05. The van der Waals surface area contributed by atoms with Crippen molar-refractivity contribution < 1.29 is 9.53 Å². The number of ether oxygens (including phenoxy) is 1. The molecule has 0 radical (unpaired) electrons. The molecule has 1 amide bonds. The van der Waals surface area contributed by atoms with Gasteiger partial charge >= 0.3 is 0 Å². The summed E-state index contributed by atoms with van der Waals surface area (Å²) >= 11 is 0. The third-order valence-corrected chi connectivity index (χ3v) is 4.05. The van der Waals surface area contributed by atoms with Crippen LogP contribution in [0.1, 0.15) is 32.4 Å². The molecular weight excluding hydrogens is 328 g/mol. The number of nitriles is 1. The zero-order chi connectivity index (χ0) is 18.7. The number of benzene rings is 2. The first-order valence-electron chi connectivity index (χ1n) is 8.44. The standard InChI is InChI=1S/C20H20N4O2/c1-13(2)24-12-16(11-21)19(23-24)22-20(25)14(3)26-18-10-6-8-15-7-4-5-9-17(15)18/h4-10,12-14H,1-3H3,(H,22,23,25)/t14-/m1/s1. The van der Waals surface area contributed by atoms with Crippen LogP contribution in [0.4, 0.5) is 5.82 Å². The van der Waals surface area contributed by atoms with Crippen LogP contribution in [-0.4, -0.2) is 21.8 Å². The van der Waals surface area contributed by atoms with Gasteiger partial charge in [-0.3, -0.25) is 9.48 Å². The number of nitrogens with one attached hydrogen (secondary N) is 1. The number of hydrogen-bond donors (Lipinski definition) is 1. The van der Waals surface area contributed by atoms with E-state index in [2.05, 4.69) is 16.5 Å². The van der Waals surface area contributed by atoms with Gasteiger partial charge in [-0.1, -0.05) is 36.4 Å². The molecule has 6 nitrogen and oxygen atoms in total. The predicted molar refractivity (Wildman–Crippen MR) is 100.0 cm³/mol. The number of fused-ring (bicyclic) bond motifs is 1. The van der Waals surface area contributed by atoms with Crippen LogP contribution in [0.5, 0.6) is 5.75 Å². The smallest absolute Gasteiger partial charge is 0.266 e. The predicted octanol–water partition coefficient (Wildman–Crippen LogP) is 3.89. The minimum absolute atomic E-state index is 0.0945. The fourth-order valence-electron chi connectivity index (χ4n) is 2.59. The van der Waals surface area contributed by atoms with Crippen molar-refractivity contribution in [2.75, 3.05) is 5.32 Å². The van der Waals surface area contributed by atoms with E-state index in [1.54, 1.807) is 17.8 Å². The van der Waals surface area contributed by atoms with E-state index in [1.807, 2.05) is 56.3 Å². The summed E-state index contributed by atoms with van der Waals surface area (Å²) in [6.45, 7) is 5.57. The average molecular weight is 348 g/mol. The number of anilines is 1. The molecule has 132 valence electrons. The first-order chi connectivity index (χ1) is 12.5. The zero-order valence-corrected chi connectivity index (χ0v) is 14.9. The normalized spacial score (nSPS) is 12.0. The lowest BCUT2D eigenvalue weighted by Gasteiger charge is -2.15. The lowest BCUT2D eigenvalue weighted by Crippen LogP contribution is -2.30. The molecule has 0 spiro atoms. The van der Waals surface area contributed by atoms with E-state index >= 15 is 0 Å². The molecular formula is C20H20N4O2. The number of carbonyl (C=O) groups excluding carboxylic acids is 1. The number of carbonyl (C=O) groups is 1. The minimum Gasteiger partial charge on any atom is -0.480 e. The van der Waals surface area contributed by atoms with E-state index in [9.17, 15) is 10.1 Å². The van der Waals surface area contributed by atoms with Crippen LogP contribution in [0.25, 0.3) is 10.8 Å². The van der Waals surface area contributed by atoms with Gasteiger partial charge in [-0.2, -0.15) is 10.4 Å². The van der Waals surface area contributed by atoms with Crippen molar-refractivity contribution in [1.82, 2.24) is 9.78 Å². The Hall–Kier alpha value is -3.33. The van der Waals surface area contributed by atoms with Crippen LogP contribution in [0, 0.1) is 11.3 Å². The van der Waals surface area contributed by atoms with Gasteiger partial charge in [0.1, 0.15) is 17.4 Å². The van der Waals surface area contributed by atoms with Crippen molar-refractivity contribution >= 4 is 22.5 Å². The fraction of sp³-hybridized carbons (Fsp3) is 0.250. The highest BCUT2D eigenvalue weighted by Crippen LogP contribution is 2.26. The second-order valence-corrected chi connectivity index (χ2v) is 6.30. The van der Waals surface area contributed by atoms with E-state index in [1.165, 1.54) is 0 Å². The Labute approximate surface area is 152 Å². The van der Waals surface area contributed by atoms with E-state index in [0.29, 0.717) is 11.3 Å². The van der Waals surface area contributed by atoms with Crippen LogP contribution in [-0.2, 0) is 4.79 Å². The number of rotatable bonds is 5. The Morgan fingerprint density at radius 2 is 1.92 bits per heavy atom. The molecule has 0 unspecified atom stereocenters. The van der Waals surface area contributed by atoms with Crippen LogP contribution in [0.15, 0.2) is 48.7 Å². The minimum atomic E-state index is -0.739. The molecule has 0 aliphatic rings. The monoisotopic (exact) mass is 348 g/mol. The molecule has 26 heavy (non-hydrogen) atoms. The lowest BCUT2D eigenvalue weighted by atomic mass is 10.1. The second-order valence-electron chi connectivity index (χ2n) is 6.30. The largest absolute Gasteiger partial charge is 0.480 e. The molecule has 6 heteroatoms. The van der Waals surface area contributed by atoms with Crippen molar-refractivity contribution in [3.05, 3.63) is 54.2 Å². The first-order valence-corrected chi connectivity index (χ1v) is 8.44. The first kappa shape index (κ1) is 17.5.